The smallest absolute Gasteiger partial charge is 0.389 e. The Morgan fingerprint density at radius 2 is 1.82 bits per heavy atom. The predicted molar refractivity (Wildman–Crippen MR) is 97.6 cm³/mol. The summed E-state index contributed by atoms with van der Waals surface area (Å²) in [5, 5.41) is 9.70. The van der Waals surface area contributed by atoms with Crippen molar-refractivity contribution in [2.45, 2.75) is 50.1 Å². The molecule has 2 saturated heterocycles. The lowest BCUT2D eigenvalue weighted by molar-refractivity contribution is -0.159. The summed E-state index contributed by atoms with van der Waals surface area (Å²) in [7, 11) is 0. The van der Waals surface area contributed by atoms with Crippen LogP contribution in [-0.4, -0.2) is 72.0 Å². The van der Waals surface area contributed by atoms with Crippen molar-refractivity contribution in [2.24, 2.45) is 0 Å². The highest BCUT2D eigenvalue weighted by molar-refractivity contribution is 5.77. The van der Waals surface area contributed by atoms with E-state index in [1.807, 2.05) is 30.3 Å². The van der Waals surface area contributed by atoms with Crippen molar-refractivity contribution in [1.82, 2.24) is 9.80 Å². The summed E-state index contributed by atoms with van der Waals surface area (Å²) in [6, 6.07) is 8.94. The Kier molecular flexibility index (Phi) is 6.95. The van der Waals surface area contributed by atoms with Crippen LogP contribution in [0.1, 0.15) is 37.3 Å². The summed E-state index contributed by atoms with van der Waals surface area (Å²) in [5.41, 5.74) is 0.865. The number of ether oxygens (including phenoxy) is 1. The molecule has 3 rings (SSSR count). The van der Waals surface area contributed by atoms with Gasteiger partial charge in [-0.2, -0.15) is 13.2 Å². The molecule has 0 spiro atoms. The number of hydrogen-bond donors (Lipinski definition) is 1. The Bertz CT molecular complexity index is 633. The zero-order valence-corrected chi connectivity index (χ0v) is 15.8. The molecule has 156 valence electrons. The second-order valence-corrected chi connectivity index (χ2v) is 7.50. The van der Waals surface area contributed by atoms with Gasteiger partial charge in [-0.3, -0.25) is 4.79 Å². The third-order valence-corrected chi connectivity index (χ3v) is 5.43. The molecule has 28 heavy (non-hydrogen) atoms. The Morgan fingerprint density at radius 3 is 2.46 bits per heavy atom. The molecule has 0 unspecified atom stereocenters. The number of amides is 1. The minimum absolute atomic E-state index is 0.283. The van der Waals surface area contributed by atoms with Crippen LogP contribution in [0.15, 0.2) is 30.3 Å². The Hall–Kier alpha value is -1.64. The molecular formula is C20H27F3N2O3. The van der Waals surface area contributed by atoms with Gasteiger partial charge in [-0.1, -0.05) is 30.3 Å². The van der Waals surface area contributed by atoms with E-state index in [-0.39, 0.29) is 18.8 Å². The summed E-state index contributed by atoms with van der Waals surface area (Å²) >= 11 is 0. The van der Waals surface area contributed by atoms with E-state index < -0.39 is 31.0 Å². The van der Waals surface area contributed by atoms with Gasteiger partial charge in [-0.25, -0.2) is 0 Å². The number of alkyl halides is 3. The topological polar surface area (TPSA) is 53.0 Å². The van der Waals surface area contributed by atoms with E-state index in [2.05, 4.69) is 4.90 Å². The Labute approximate surface area is 163 Å². The van der Waals surface area contributed by atoms with E-state index in [9.17, 15) is 23.1 Å². The van der Waals surface area contributed by atoms with Gasteiger partial charge < -0.3 is 19.6 Å². The van der Waals surface area contributed by atoms with Gasteiger partial charge in [-0.05, 0) is 18.4 Å². The number of carbonyl (C=O) groups is 1. The van der Waals surface area contributed by atoms with Crippen LogP contribution in [0.4, 0.5) is 13.2 Å². The molecule has 2 atom stereocenters. The molecule has 2 heterocycles. The zero-order chi connectivity index (χ0) is 20.1. The fraction of sp³-hybridized carbons (Fsp3) is 0.650. The van der Waals surface area contributed by atoms with Gasteiger partial charge in [-0.15, -0.1) is 0 Å². The first-order chi connectivity index (χ1) is 13.3. The van der Waals surface area contributed by atoms with E-state index in [1.165, 1.54) is 0 Å². The molecule has 2 aliphatic rings. The molecule has 1 amide bonds. The van der Waals surface area contributed by atoms with Gasteiger partial charge in [0.1, 0.15) is 0 Å². The predicted octanol–water partition coefficient (Wildman–Crippen LogP) is 2.75. The molecule has 1 N–H and O–H groups in total. The lowest BCUT2D eigenvalue weighted by Crippen LogP contribution is -2.53. The van der Waals surface area contributed by atoms with Crippen LogP contribution in [0.25, 0.3) is 0 Å². The van der Waals surface area contributed by atoms with E-state index in [0.717, 1.165) is 18.7 Å². The maximum atomic E-state index is 12.6. The highest BCUT2D eigenvalue weighted by Crippen LogP contribution is 2.32. The highest BCUT2D eigenvalue weighted by Gasteiger charge is 2.38. The number of aliphatic hydroxyl groups is 1. The van der Waals surface area contributed by atoms with Crippen LogP contribution >= 0.6 is 0 Å². The van der Waals surface area contributed by atoms with Gasteiger partial charge in [0.2, 0.25) is 5.91 Å². The maximum absolute atomic E-state index is 12.6. The zero-order valence-electron chi connectivity index (χ0n) is 15.8. The Balaban J connectivity index is 1.75. The third kappa shape index (κ3) is 5.68. The summed E-state index contributed by atoms with van der Waals surface area (Å²) in [6.07, 6.45) is -5.23. The number of piperidine rings is 1. The van der Waals surface area contributed by atoms with Crippen molar-refractivity contribution in [3.63, 3.8) is 0 Å². The van der Waals surface area contributed by atoms with Crippen LogP contribution in [0.5, 0.6) is 0 Å². The molecule has 2 fully saturated rings. The van der Waals surface area contributed by atoms with Crippen LogP contribution in [0.2, 0.25) is 0 Å². The van der Waals surface area contributed by atoms with Crippen LogP contribution in [0, 0.1) is 0 Å². The van der Waals surface area contributed by atoms with Crippen molar-refractivity contribution >= 4 is 5.91 Å². The summed E-state index contributed by atoms with van der Waals surface area (Å²) in [4.78, 5) is 16.4. The lowest BCUT2D eigenvalue weighted by Gasteiger charge is -2.44. The van der Waals surface area contributed by atoms with E-state index in [4.69, 9.17) is 4.74 Å². The van der Waals surface area contributed by atoms with Crippen LogP contribution < -0.4 is 0 Å². The number of benzene rings is 1. The average molecular weight is 400 g/mol. The van der Waals surface area contributed by atoms with Crippen molar-refractivity contribution < 1.29 is 27.8 Å². The van der Waals surface area contributed by atoms with Crippen molar-refractivity contribution in [3.05, 3.63) is 35.9 Å². The molecule has 0 radical (unpaired) electrons. The van der Waals surface area contributed by atoms with Gasteiger partial charge in [0.25, 0.3) is 0 Å². The van der Waals surface area contributed by atoms with Crippen molar-refractivity contribution in [2.75, 3.05) is 32.8 Å². The lowest BCUT2D eigenvalue weighted by atomic mass is 9.96. The molecule has 0 aliphatic carbocycles. The molecular weight excluding hydrogens is 373 g/mol. The fourth-order valence-electron chi connectivity index (χ4n) is 3.96. The number of morpholine rings is 1. The summed E-state index contributed by atoms with van der Waals surface area (Å²) in [6.45, 7) is 2.65. The van der Waals surface area contributed by atoms with E-state index in [0.29, 0.717) is 26.0 Å². The van der Waals surface area contributed by atoms with Gasteiger partial charge in [0.15, 0.2) is 0 Å². The number of likely N-dealkylation sites (tertiary alicyclic amines) is 1. The molecule has 2 aliphatic heterocycles. The highest BCUT2D eigenvalue weighted by atomic mass is 19.4. The number of carbonyl (C=O) groups excluding carboxylic acids is 1. The van der Waals surface area contributed by atoms with Gasteiger partial charge >= 0.3 is 6.18 Å². The first-order valence-corrected chi connectivity index (χ1v) is 9.76. The number of aliphatic hydroxyl groups excluding tert-OH is 1. The molecule has 8 heteroatoms. The van der Waals surface area contributed by atoms with Crippen LogP contribution in [-0.2, 0) is 9.53 Å². The van der Waals surface area contributed by atoms with Crippen molar-refractivity contribution in [3.8, 4) is 0 Å². The van der Waals surface area contributed by atoms with E-state index >= 15 is 0 Å². The van der Waals surface area contributed by atoms with Crippen molar-refractivity contribution in [1.29, 1.82) is 0 Å². The molecule has 5 nitrogen and oxygen atoms in total. The SMILES string of the molecule is O=C(CCC(F)(F)F)N1CCO[C@@H](CN2CCC(O)CC2)[C@@H]1c1ccccc1. The second kappa shape index (κ2) is 9.24. The first kappa shape index (κ1) is 21.1. The monoisotopic (exact) mass is 400 g/mol. The summed E-state index contributed by atoms with van der Waals surface area (Å²) in [5.74, 6) is -0.492. The maximum Gasteiger partial charge on any atom is 0.389 e. The molecule has 1 aromatic carbocycles. The quantitative estimate of drug-likeness (QED) is 0.826. The van der Waals surface area contributed by atoms with Gasteiger partial charge in [0.05, 0.1) is 31.3 Å². The largest absolute Gasteiger partial charge is 0.393 e. The number of nitrogens with zero attached hydrogens (tertiary/aromatic N) is 2. The molecule has 1 aromatic rings. The third-order valence-electron chi connectivity index (χ3n) is 5.43. The van der Waals surface area contributed by atoms with Crippen LogP contribution in [0.3, 0.4) is 0 Å². The normalized spacial score (nSPS) is 25.1. The first-order valence-electron chi connectivity index (χ1n) is 9.76. The summed E-state index contributed by atoms with van der Waals surface area (Å²) < 4.78 is 43.8. The molecule has 0 bridgehead atoms. The second-order valence-electron chi connectivity index (χ2n) is 7.50. The number of hydrogen-bond acceptors (Lipinski definition) is 4. The van der Waals surface area contributed by atoms with E-state index in [1.54, 1.807) is 4.90 Å². The molecule has 0 aromatic heterocycles. The standard InChI is InChI=1S/C20H27F3N2O3/c21-20(22,23)9-6-18(27)25-12-13-28-17(14-24-10-7-16(26)8-11-24)19(25)15-4-2-1-3-5-15/h1-5,16-17,19,26H,6-14H2/t17-,19-/m0/s1. The fourth-order valence-corrected chi connectivity index (χ4v) is 3.96. The Morgan fingerprint density at radius 1 is 1.14 bits per heavy atom. The van der Waals surface area contributed by atoms with Gasteiger partial charge in [0, 0.05) is 32.6 Å². The average Bonchev–Trinajstić information content (AvgIpc) is 2.68. The molecule has 0 saturated carbocycles. The number of halogens is 3. The minimum Gasteiger partial charge on any atom is -0.393 e. The minimum atomic E-state index is -4.35. The number of rotatable bonds is 5.